The van der Waals surface area contributed by atoms with Gasteiger partial charge in [0.15, 0.2) is 5.82 Å². The molecule has 0 radical (unpaired) electrons. The van der Waals surface area contributed by atoms with Crippen LogP contribution in [-0.2, 0) is 6.42 Å². The van der Waals surface area contributed by atoms with Crippen molar-refractivity contribution in [2.24, 2.45) is 0 Å². The zero-order chi connectivity index (χ0) is 11.4. The van der Waals surface area contributed by atoms with Gasteiger partial charge in [-0.2, -0.15) is 4.98 Å². The smallest absolute Gasteiger partial charge is 0.228 e. The van der Waals surface area contributed by atoms with Crippen molar-refractivity contribution in [1.82, 2.24) is 15.1 Å². The molecule has 0 atom stereocenters. The zero-order valence-corrected chi connectivity index (χ0v) is 9.53. The van der Waals surface area contributed by atoms with E-state index in [4.69, 9.17) is 16.1 Å². The summed E-state index contributed by atoms with van der Waals surface area (Å²) in [6.07, 6.45) is 2.27. The molecule has 0 aliphatic rings. The van der Waals surface area contributed by atoms with E-state index in [-0.39, 0.29) is 0 Å². The van der Waals surface area contributed by atoms with Crippen LogP contribution in [0.1, 0.15) is 11.7 Å². The highest BCUT2D eigenvalue weighted by Crippen LogP contribution is 2.09. The molecule has 5 nitrogen and oxygen atoms in total. The Morgan fingerprint density at radius 3 is 2.94 bits per heavy atom. The first-order valence-corrected chi connectivity index (χ1v) is 5.26. The number of nitrogens with zero attached hydrogens (tertiary/aromatic N) is 3. The molecule has 1 N–H and O–H groups in total. The van der Waals surface area contributed by atoms with E-state index in [0.717, 1.165) is 5.82 Å². The molecular formula is C10H11ClN4O. The lowest BCUT2D eigenvalue weighted by molar-refractivity contribution is 0.377. The molecule has 0 bridgehead atoms. The van der Waals surface area contributed by atoms with Gasteiger partial charge >= 0.3 is 0 Å². The molecule has 16 heavy (non-hydrogen) atoms. The van der Waals surface area contributed by atoms with E-state index < -0.39 is 0 Å². The van der Waals surface area contributed by atoms with Gasteiger partial charge in [-0.3, -0.25) is 0 Å². The minimum Gasteiger partial charge on any atom is -0.370 e. The molecule has 0 saturated heterocycles. The summed E-state index contributed by atoms with van der Waals surface area (Å²) in [5.74, 6) is 2.05. The normalized spacial score (nSPS) is 10.4. The molecule has 84 valence electrons. The van der Waals surface area contributed by atoms with Crippen LogP contribution in [0.25, 0.3) is 0 Å². The van der Waals surface area contributed by atoms with Gasteiger partial charge in [0, 0.05) is 19.2 Å². The average molecular weight is 239 g/mol. The predicted molar refractivity (Wildman–Crippen MR) is 60.5 cm³/mol. The number of hydrogen-bond acceptors (Lipinski definition) is 5. The van der Waals surface area contributed by atoms with Gasteiger partial charge in [-0.15, -0.1) is 0 Å². The van der Waals surface area contributed by atoms with Crippen LogP contribution in [0, 0.1) is 6.92 Å². The summed E-state index contributed by atoms with van der Waals surface area (Å²) in [5.41, 5.74) is 0. The molecule has 6 heteroatoms. The van der Waals surface area contributed by atoms with Crippen LogP contribution in [0.4, 0.5) is 5.82 Å². The number of halogens is 1. The summed E-state index contributed by atoms with van der Waals surface area (Å²) in [5, 5.41) is 7.46. The lowest BCUT2D eigenvalue weighted by Crippen LogP contribution is -2.06. The summed E-state index contributed by atoms with van der Waals surface area (Å²) in [6.45, 7) is 2.48. The van der Waals surface area contributed by atoms with E-state index in [1.54, 1.807) is 19.2 Å². The van der Waals surface area contributed by atoms with Gasteiger partial charge in [-0.05, 0) is 19.1 Å². The minimum atomic E-state index is 0.623. The van der Waals surface area contributed by atoms with E-state index in [1.165, 1.54) is 0 Å². The molecular weight excluding hydrogens is 228 g/mol. The van der Waals surface area contributed by atoms with Gasteiger partial charge in [0.1, 0.15) is 5.82 Å². The Labute approximate surface area is 97.8 Å². The van der Waals surface area contributed by atoms with Crippen molar-refractivity contribution >= 4 is 17.4 Å². The third kappa shape index (κ3) is 2.93. The molecule has 0 spiro atoms. The quantitative estimate of drug-likeness (QED) is 0.884. The lowest BCUT2D eigenvalue weighted by atomic mass is 10.4. The first-order chi connectivity index (χ1) is 7.74. The fourth-order valence-corrected chi connectivity index (χ4v) is 1.33. The maximum atomic E-state index is 5.72. The Morgan fingerprint density at radius 2 is 2.31 bits per heavy atom. The predicted octanol–water partition coefficient (Wildman–Crippen LogP) is 2.08. The van der Waals surface area contributed by atoms with Crippen LogP contribution < -0.4 is 5.32 Å². The van der Waals surface area contributed by atoms with Crippen LogP contribution in [0.15, 0.2) is 22.9 Å². The molecule has 0 unspecified atom stereocenters. The molecule has 2 heterocycles. The molecule has 0 aliphatic heterocycles. The monoisotopic (exact) mass is 238 g/mol. The van der Waals surface area contributed by atoms with Crippen molar-refractivity contribution in [3.05, 3.63) is 35.1 Å². The number of aryl methyl sites for hydroxylation is 1. The van der Waals surface area contributed by atoms with Crippen LogP contribution in [0.3, 0.4) is 0 Å². The van der Waals surface area contributed by atoms with Gasteiger partial charge in [-0.1, -0.05) is 16.8 Å². The maximum Gasteiger partial charge on any atom is 0.228 e. The van der Waals surface area contributed by atoms with E-state index >= 15 is 0 Å². The second-order valence-corrected chi connectivity index (χ2v) is 3.71. The number of anilines is 1. The second-order valence-electron chi connectivity index (χ2n) is 3.27. The molecule has 2 rings (SSSR count). The Hall–Kier alpha value is -1.62. The Balaban J connectivity index is 1.82. The summed E-state index contributed by atoms with van der Waals surface area (Å²) >= 11 is 5.72. The van der Waals surface area contributed by atoms with E-state index in [9.17, 15) is 0 Å². The van der Waals surface area contributed by atoms with Crippen molar-refractivity contribution in [2.45, 2.75) is 13.3 Å². The third-order valence-electron chi connectivity index (χ3n) is 1.94. The topological polar surface area (TPSA) is 63.8 Å². The summed E-state index contributed by atoms with van der Waals surface area (Å²) in [4.78, 5) is 8.20. The van der Waals surface area contributed by atoms with Gasteiger partial charge in [0.25, 0.3) is 0 Å². The number of nitrogens with one attached hydrogen (secondary N) is 1. The van der Waals surface area contributed by atoms with Gasteiger partial charge in [0.05, 0.1) is 5.02 Å². The standard InChI is InChI=1S/C10H11ClN4O/c1-7-14-10(16-15-7)4-5-12-9-3-2-8(11)6-13-9/h2-3,6H,4-5H2,1H3,(H,12,13). The highest BCUT2D eigenvalue weighted by atomic mass is 35.5. The average Bonchev–Trinajstić information content (AvgIpc) is 2.67. The highest BCUT2D eigenvalue weighted by molar-refractivity contribution is 6.30. The number of rotatable bonds is 4. The Bertz CT molecular complexity index is 454. The van der Waals surface area contributed by atoms with Crippen molar-refractivity contribution in [1.29, 1.82) is 0 Å². The van der Waals surface area contributed by atoms with Crippen molar-refractivity contribution in [3.8, 4) is 0 Å². The van der Waals surface area contributed by atoms with Gasteiger partial charge in [-0.25, -0.2) is 4.98 Å². The van der Waals surface area contributed by atoms with Crippen LogP contribution in [0.2, 0.25) is 5.02 Å². The summed E-state index contributed by atoms with van der Waals surface area (Å²) in [6, 6.07) is 3.61. The molecule has 2 aromatic heterocycles. The first kappa shape index (κ1) is 10.9. The molecule has 0 aromatic carbocycles. The zero-order valence-electron chi connectivity index (χ0n) is 8.77. The number of pyridine rings is 1. The van der Waals surface area contributed by atoms with Crippen LogP contribution in [0.5, 0.6) is 0 Å². The summed E-state index contributed by atoms with van der Waals surface area (Å²) in [7, 11) is 0. The van der Waals surface area contributed by atoms with E-state index in [1.807, 2.05) is 6.07 Å². The van der Waals surface area contributed by atoms with E-state index in [2.05, 4.69) is 20.4 Å². The van der Waals surface area contributed by atoms with E-state index in [0.29, 0.717) is 29.7 Å². The lowest BCUT2D eigenvalue weighted by Gasteiger charge is -2.02. The Kier molecular flexibility index (Phi) is 3.36. The minimum absolute atomic E-state index is 0.623. The van der Waals surface area contributed by atoms with Gasteiger partial charge in [0.2, 0.25) is 5.89 Å². The fraction of sp³-hybridized carbons (Fsp3) is 0.300. The van der Waals surface area contributed by atoms with Crippen LogP contribution >= 0.6 is 11.6 Å². The van der Waals surface area contributed by atoms with Gasteiger partial charge < -0.3 is 9.84 Å². The molecule has 2 aromatic rings. The molecule has 0 saturated carbocycles. The van der Waals surface area contributed by atoms with Crippen molar-refractivity contribution < 1.29 is 4.52 Å². The second kappa shape index (κ2) is 4.94. The summed E-state index contributed by atoms with van der Waals surface area (Å²) < 4.78 is 4.98. The SMILES string of the molecule is Cc1noc(CCNc2ccc(Cl)cn2)n1. The van der Waals surface area contributed by atoms with Crippen LogP contribution in [-0.4, -0.2) is 21.7 Å². The van der Waals surface area contributed by atoms with Crippen molar-refractivity contribution in [2.75, 3.05) is 11.9 Å². The molecule has 0 amide bonds. The third-order valence-corrected chi connectivity index (χ3v) is 2.17. The number of hydrogen-bond donors (Lipinski definition) is 1. The first-order valence-electron chi connectivity index (χ1n) is 4.88. The van der Waals surface area contributed by atoms with Crippen molar-refractivity contribution in [3.63, 3.8) is 0 Å². The maximum absolute atomic E-state index is 5.72. The fourth-order valence-electron chi connectivity index (χ4n) is 1.22. The largest absolute Gasteiger partial charge is 0.370 e. The Morgan fingerprint density at radius 1 is 1.44 bits per heavy atom. The highest BCUT2D eigenvalue weighted by Gasteiger charge is 2.01. The molecule has 0 fully saturated rings. The number of aromatic nitrogens is 3. The molecule has 0 aliphatic carbocycles.